The SMILES string of the molecule is NC(=O)Cc1csc(NC(=O)c2cc(-c3ccco3)nn2-c2ccccc2)n1. The number of aromatic nitrogens is 3. The lowest BCUT2D eigenvalue weighted by atomic mass is 10.2. The van der Waals surface area contributed by atoms with E-state index in [9.17, 15) is 9.59 Å². The summed E-state index contributed by atoms with van der Waals surface area (Å²) in [6, 6.07) is 14.5. The van der Waals surface area contributed by atoms with Crippen molar-refractivity contribution in [1.29, 1.82) is 0 Å². The fraction of sp³-hybridized carbons (Fsp3) is 0.0526. The number of hydrogen-bond donors (Lipinski definition) is 2. The molecule has 0 bridgehead atoms. The number of nitrogens with two attached hydrogens (primary N) is 1. The molecule has 0 aliphatic rings. The van der Waals surface area contributed by atoms with Gasteiger partial charge in [0.15, 0.2) is 10.9 Å². The zero-order valence-electron chi connectivity index (χ0n) is 14.5. The molecule has 140 valence electrons. The Bertz CT molecular complexity index is 1120. The highest BCUT2D eigenvalue weighted by Crippen LogP contribution is 2.23. The average molecular weight is 393 g/mol. The number of primary amides is 1. The number of para-hydroxylation sites is 1. The van der Waals surface area contributed by atoms with Gasteiger partial charge in [0.2, 0.25) is 5.91 Å². The van der Waals surface area contributed by atoms with E-state index < -0.39 is 5.91 Å². The molecule has 0 saturated carbocycles. The minimum atomic E-state index is -0.478. The Hall–Kier alpha value is -3.72. The summed E-state index contributed by atoms with van der Waals surface area (Å²) in [6.07, 6.45) is 1.57. The number of carbonyl (C=O) groups excluding carboxylic acids is 2. The third-order valence-corrected chi connectivity index (χ3v) is 4.65. The van der Waals surface area contributed by atoms with Crippen molar-refractivity contribution in [3.05, 3.63) is 71.6 Å². The van der Waals surface area contributed by atoms with Crippen LogP contribution in [-0.4, -0.2) is 26.6 Å². The Labute approximate surface area is 163 Å². The van der Waals surface area contributed by atoms with Crippen LogP contribution >= 0.6 is 11.3 Å². The summed E-state index contributed by atoms with van der Waals surface area (Å²) >= 11 is 1.22. The van der Waals surface area contributed by atoms with Crippen LogP contribution < -0.4 is 11.1 Å². The van der Waals surface area contributed by atoms with Gasteiger partial charge in [0.05, 0.1) is 24.1 Å². The Morgan fingerprint density at radius 2 is 2.00 bits per heavy atom. The molecule has 3 aromatic heterocycles. The monoisotopic (exact) mass is 393 g/mol. The summed E-state index contributed by atoms with van der Waals surface area (Å²) in [5, 5.41) is 9.32. The molecule has 3 heterocycles. The van der Waals surface area contributed by atoms with E-state index in [1.807, 2.05) is 30.3 Å². The number of carbonyl (C=O) groups is 2. The van der Waals surface area contributed by atoms with E-state index in [2.05, 4.69) is 15.4 Å². The molecule has 4 aromatic rings. The summed E-state index contributed by atoms with van der Waals surface area (Å²) in [5.41, 5.74) is 7.29. The molecule has 9 heteroatoms. The van der Waals surface area contributed by atoms with E-state index in [1.54, 1.807) is 34.5 Å². The molecule has 28 heavy (non-hydrogen) atoms. The van der Waals surface area contributed by atoms with Crippen LogP contribution in [0.1, 0.15) is 16.2 Å². The second-order valence-electron chi connectivity index (χ2n) is 5.88. The molecule has 0 radical (unpaired) electrons. The van der Waals surface area contributed by atoms with Gasteiger partial charge in [-0.15, -0.1) is 11.3 Å². The van der Waals surface area contributed by atoms with Crippen molar-refractivity contribution < 1.29 is 14.0 Å². The number of thiazole rings is 1. The molecule has 0 aliphatic heterocycles. The minimum absolute atomic E-state index is 0.0248. The van der Waals surface area contributed by atoms with Gasteiger partial charge < -0.3 is 10.2 Å². The number of hydrogen-bond acceptors (Lipinski definition) is 6. The number of benzene rings is 1. The standard InChI is InChI=1S/C19H15N5O3S/c20-17(25)9-12-11-28-19(21-12)22-18(26)15-10-14(16-7-4-8-27-16)23-24(15)13-5-2-1-3-6-13/h1-8,10-11H,9H2,(H2,20,25)(H,21,22,26). The van der Waals surface area contributed by atoms with Crippen molar-refractivity contribution in [3.63, 3.8) is 0 Å². The van der Waals surface area contributed by atoms with Gasteiger partial charge in [0.1, 0.15) is 11.4 Å². The summed E-state index contributed by atoms with van der Waals surface area (Å²) in [6.45, 7) is 0. The third kappa shape index (κ3) is 3.69. The number of amides is 2. The predicted octanol–water partition coefficient (Wildman–Crippen LogP) is 2.87. The summed E-state index contributed by atoms with van der Waals surface area (Å²) < 4.78 is 6.95. The quantitative estimate of drug-likeness (QED) is 0.522. The maximum atomic E-state index is 12.9. The van der Waals surface area contributed by atoms with Crippen molar-refractivity contribution in [2.45, 2.75) is 6.42 Å². The maximum absolute atomic E-state index is 12.9. The average Bonchev–Trinajstić information content (AvgIpc) is 3.42. The normalized spacial score (nSPS) is 10.7. The van der Waals surface area contributed by atoms with E-state index in [4.69, 9.17) is 10.2 Å². The lowest BCUT2D eigenvalue weighted by Crippen LogP contribution is -2.17. The summed E-state index contributed by atoms with van der Waals surface area (Å²) in [7, 11) is 0. The van der Waals surface area contributed by atoms with Gasteiger partial charge in [-0.05, 0) is 24.3 Å². The lowest BCUT2D eigenvalue weighted by molar-refractivity contribution is -0.117. The van der Waals surface area contributed by atoms with Gasteiger partial charge in [-0.2, -0.15) is 5.10 Å². The second kappa shape index (κ2) is 7.49. The lowest BCUT2D eigenvalue weighted by Gasteiger charge is -2.06. The fourth-order valence-electron chi connectivity index (χ4n) is 2.64. The number of nitrogens with one attached hydrogen (secondary N) is 1. The van der Waals surface area contributed by atoms with E-state index in [-0.39, 0.29) is 12.3 Å². The molecule has 1 aromatic carbocycles. The second-order valence-corrected chi connectivity index (χ2v) is 6.74. The smallest absolute Gasteiger partial charge is 0.276 e. The highest BCUT2D eigenvalue weighted by molar-refractivity contribution is 7.14. The Kier molecular flexibility index (Phi) is 4.73. The predicted molar refractivity (Wildman–Crippen MR) is 104 cm³/mol. The van der Waals surface area contributed by atoms with Gasteiger partial charge in [0, 0.05) is 11.4 Å². The van der Waals surface area contributed by atoms with E-state index in [1.165, 1.54) is 11.3 Å². The van der Waals surface area contributed by atoms with Crippen LogP contribution in [-0.2, 0) is 11.2 Å². The van der Waals surface area contributed by atoms with Gasteiger partial charge in [-0.3, -0.25) is 14.9 Å². The molecule has 0 aliphatic carbocycles. The number of anilines is 1. The first-order chi connectivity index (χ1) is 13.6. The first-order valence-electron chi connectivity index (χ1n) is 8.33. The molecule has 0 spiro atoms. The number of nitrogens with zero attached hydrogens (tertiary/aromatic N) is 3. The van der Waals surface area contributed by atoms with E-state index in [0.717, 1.165) is 5.69 Å². The van der Waals surface area contributed by atoms with Gasteiger partial charge >= 0.3 is 0 Å². The van der Waals surface area contributed by atoms with Crippen molar-refractivity contribution >= 4 is 28.3 Å². The molecular formula is C19H15N5O3S. The molecule has 0 fully saturated rings. The van der Waals surface area contributed by atoms with Crippen LogP contribution in [0, 0.1) is 0 Å². The van der Waals surface area contributed by atoms with Crippen LogP contribution in [0.25, 0.3) is 17.1 Å². The Balaban J connectivity index is 1.66. The van der Waals surface area contributed by atoms with E-state index in [0.29, 0.717) is 28.0 Å². The van der Waals surface area contributed by atoms with Gasteiger partial charge in [-0.25, -0.2) is 9.67 Å². The molecule has 4 rings (SSSR count). The highest BCUT2D eigenvalue weighted by Gasteiger charge is 2.20. The van der Waals surface area contributed by atoms with Crippen molar-refractivity contribution in [3.8, 4) is 17.1 Å². The van der Waals surface area contributed by atoms with Crippen LogP contribution in [0.3, 0.4) is 0 Å². The zero-order valence-corrected chi connectivity index (χ0v) is 15.3. The molecule has 3 N–H and O–H groups in total. The van der Waals surface area contributed by atoms with Crippen molar-refractivity contribution in [2.24, 2.45) is 5.73 Å². The summed E-state index contributed by atoms with van der Waals surface area (Å²) in [4.78, 5) is 28.1. The first-order valence-corrected chi connectivity index (χ1v) is 9.21. The molecule has 0 saturated heterocycles. The van der Waals surface area contributed by atoms with Crippen LogP contribution in [0.15, 0.2) is 64.6 Å². The zero-order chi connectivity index (χ0) is 19.5. The van der Waals surface area contributed by atoms with Crippen molar-refractivity contribution in [1.82, 2.24) is 14.8 Å². The first kappa shape index (κ1) is 17.7. The van der Waals surface area contributed by atoms with Gasteiger partial charge in [-0.1, -0.05) is 18.2 Å². The third-order valence-electron chi connectivity index (χ3n) is 3.84. The molecule has 8 nitrogen and oxygen atoms in total. The Morgan fingerprint density at radius 1 is 1.18 bits per heavy atom. The maximum Gasteiger partial charge on any atom is 0.276 e. The molecule has 0 unspecified atom stereocenters. The minimum Gasteiger partial charge on any atom is -0.463 e. The molecule has 2 amide bonds. The number of rotatable bonds is 6. The fourth-order valence-corrected chi connectivity index (χ4v) is 3.34. The van der Waals surface area contributed by atoms with Crippen LogP contribution in [0.4, 0.5) is 5.13 Å². The summed E-state index contributed by atoms with van der Waals surface area (Å²) in [5.74, 6) is -0.302. The van der Waals surface area contributed by atoms with Crippen molar-refractivity contribution in [2.75, 3.05) is 5.32 Å². The van der Waals surface area contributed by atoms with Crippen LogP contribution in [0.5, 0.6) is 0 Å². The topological polar surface area (TPSA) is 116 Å². The largest absolute Gasteiger partial charge is 0.463 e. The molecule has 0 atom stereocenters. The highest BCUT2D eigenvalue weighted by atomic mass is 32.1. The van der Waals surface area contributed by atoms with Gasteiger partial charge in [0.25, 0.3) is 5.91 Å². The molecular weight excluding hydrogens is 378 g/mol. The van der Waals surface area contributed by atoms with Crippen LogP contribution in [0.2, 0.25) is 0 Å². The van der Waals surface area contributed by atoms with E-state index >= 15 is 0 Å². The number of furan rings is 1. The Morgan fingerprint density at radius 3 is 2.71 bits per heavy atom.